The van der Waals surface area contributed by atoms with Crippen molar-refractivity contribution in [3.8, 4) is 11.1 Å². The lowest BCUT2D eigenvalue weighted by Gasteiger charge is -2.22. The molecule has 0 radical (unpaired) electrons. The molecule has 0 bridgehead atoms. The highest BCUT2D eigenvalue weighted by molar-refractivity contribution is 5.94. The first-order chi connectivity index (χ1) is 10.5. The molecule has 4 heteroatoms. The first kappa shape index (κ1) is 17.3. The second-order valence-corrected chi connectivity index (χ2v) is 6.64. The average Bonchev–Trinajstić information content (AvgIpc) is 2.45. The Kier molecular flexibility index (Phi) is 4.38. The fraction of sp³-hybridized carbons (Fsp3) is 0.316. The Hall–Kier alpha value is -2.10. The number of carbonyl (C=O) groups excluding carboxylic acids is 1. The van der Waals surface area contributed by atoms with E-state index >= 15 is 0 Å². The van der Waals surface area contributed by atoms with Crippen molar-refractivity contribution >= 4 is 5.78 Å². The predicted octanol–water partition coefficient (Wildman–Crippen LogP) is 5.87. The van der Waals surface area contributed by atoms with Crippen molar-refractivity contribution in [1.29, 1.82) is 0 Å². The predicted molar refractivity (Wildman–Crippen MR) is 85.6 cm³/mol. The van der Waals surface area contributed by atoms with Crippen molar-refractivity contribution in [3.05, 3.63) is 59.2 Å². The van der Waals surface area contributed by atoms with Crippen molar-refractivity contribution in [2.24, 2.45) is 0 Å². The molecular weight excluding hydrogens is 301 g/mol. The van der Waals surface area contributed by atoms with Crippen LogP contribution in [0, 0.1) is 0 Å². The first-order valence-corrected chi connectivity index (χ1v) is 7.33. The molecule has 2 aromatic carbocycles. The molecule has 0 N–H and O–H groups in total. The molecule has 0 unspecified atom stereocenters. The Morgan fingerprint density at radius 1 is 0.913 bits per heavy atom. The van der Waals surface area contributed by atoms with Gasteiger partial charge in [0.15, 0.2) is 5.78 Å². The van der Waals surface area contributed by atoms with Gasteiger partial charge in [0.2, 0.25) is 0 Å². The highest BCUT2D eigenvalue weighted by atomic mass is 19.4. The maximum absolute atomic E-state index is 13.5. The molecule has 2 rings (SSSR count). The van der Waals surface area contributed by atoms with E-state index in [-0.39, 0.29) is 16.8 Å². The Morgan fingerprint density at radius 2 is 1.48 bits per heavy atom. The van der Waals surface area contributed by atoms with E-state index in [2.05, 4.69) is 0 Å². The summed E-state index contributed by atoms with van der Waals surface area (Å²) >= 11 is 0. The second-order valence-electron chi connectivity index (χ2n) is 6.64. The van der Waals surface area contributed by atoms with Crippen LogP contribution in [0.15, 0.2) is 42.5 Å². The Morgan fingerprint density at radius 3 is 1.91 bits per heavy atom. The molecule has 0 amide bonds. The molecule has 0 atom stereocenters. The highest BCUT2D eigenvalue weighted by Gasteiger charge is 2.34. The zero-order valence-electron chi connectivity index (χ0n) is 13.6. The number of alkyl halides is 3. The highest BCUT2D eigenvalue weighted by Crippen LogP contribution is 2.39. The zero-order valence-corrected chi connectivity index (χ0v) is 13.6. The van der Waals surface area contributed by atoms with Gasteiger partial charge in [0.05, 0.1) is 5.56 Å². The summed E-state index contributed by atoms with van der Waals surface area (Å²) in [5.41, 5.74) is 0.670. The van der Waals surface area contributed by atoms with Crippen LogP contribution in [0.4, 0.5) is 13.2 Å². The minimum Gasteiger partial charge on any atom is -0.295 e. The van der Waals surface area contributed by atoms with Gasteiger partial charge in [-0.2, -0.15) is 13.2 Å². The lowest BCUT2D eigenvalue weighted by atomic mass is 9.84. The zero-order chi connectivity index (χ0) is 17.4. The summed E-state index contributed by atoms with van der Waals surface area (Å²) < 4.78 is 40.4. The van der Waals surface area contributed by atoms with Crippen molar-refractivity contribution in [1.82, 2.24) is 0 Å². The number of rotatable bonds is 2. The number of hydrogen-bond acceptors (Lipinski definition) is 1. The van der Waals surface area contributed by atoms with Crippen LogP contribution in [0.2, 0.25) is 0 Å². The molecule has 1 nitrogen and oxygen atoms in total. The maximum Gasteiger partial charge on any atom is 0.417 e. The number of ketones is 1. The summed E-state index contributed by atoms with van der Waals surface area (Å²) in [4.78, 5) is 11.3. The van der Waals surface area contributed by atoms with E-state index < -0.39 is 11.7 Å². The molecule has 0 aliphatic carbocycles. The van der Waals surface area contributed by atoms with E-state index in [0.717, 1.165) is 0 Å². The number of benzene rings is 2. The number of carbonyl (C=O) groups is 1. The summed E-state index contributed by atoms with van der Waals surface area (Å²) in [6, 6.07) is 10.7. The van der Waals surface area contributed by atoms with E-state index in [0.29, 0.717) is 16.7 Å². The minimum atomic E-state index is -4.43. The SMILES string of the molecule is CC(=O)c1ccc(-c2ccc(C(C)(C)C)cc2C(F)(F)F)cc1. The monoisotopic (exact) mass is 320 g/mol. The maximum atomic E-state index is 13.5. The molecule has 0 heterocycles. The average molecular weight is 320 g/mol. The Labute approximate surface area is 134 Å². The summed E-state index contributed by atoms with van der Waals surface area (Å²) in [7, 11) is 0. The van der Waals surface area contributed by atoms with E-state index in [1.165, 1.54) is 19.1 Å². The lowest BCUT2D eigenvalue weighted by molar-refractivity contribution is -0.137. The summed E-state index contributed by atoms with van der Waals surface area (Å²) in [6.07, 6.45) is -4.43. The van der Waals surface area contributed by atoms with Gasteiger partial charge in [-0.1, -0.05) is 57.2 Å². The first-order valence-electron chi connectivity index (χ1n) is 7.33. The fourth-order valence-corrected chi connectivity index (χ4v) is 2.38. The molecule has 0 saturated heterocycles. The fourth-order valence-electron chi connectivity index (χ4n) is 2.38. The molecule has 0 aliphatic rings. The standard InChI is InChI=1S/C19H19F3O/c1-12(23)13-5-7-14(8-6-13)16-10-9-15(18(2,3)4)11-17(16)19(20,21)22/h5-11H,1-4H3. The van der Waals surface area contributed by atoms with Gasteiger partial charge in [-0.3, -0.25) is 4.79 Å². The van der Waals surface area contributed by atoms with Crippen LogP contribution in [0.3, 0.4) is 0 Å². The van der Waals surface area contributed by atoms with Crippen molar-refractivity contribution < 1.29 is 18.0 Å². The molecular formula is C19H19F3O. The van der Waals surface area contributed by atoms with E-state index in [1.807, 2.05) is 20.8 Å². The quantitative estimate of drug-likeness (QED) is 0.632. The third-order valence-electron chi connectivity index (χ3n) is 3.79. The van der Waals surface area contributed by atoms with Crippen molar-refractivity contribution in [2.75, 3.05) is 0 Å². The molecule has 0 fully saturated rings. The van der Waals surface area contributed by atoms with E-state index in [9.17, 15) is 18.0 Å². The Balaban J connectivity index is 2.60. The second kappa shape index (κ2) is 5.84. The molecule has 23 heavy (non-hydrogen) atoms. The lowest BCUT2D eigenvalue weighted by Crippen LogP contribution is -2.15. The smallest absolute Gasteiger partial charge is 0.295 e. The van der Waals surface area contributed by atoms with Gasteiger partial charge in [-0.15, -0.1) is 0 Å². The molecule has 0 aromatic heterocycles. The van der Waals surface area contributed by atoms with Crippen LogP contribution in [0.5, 0.6) is 0 Å². The van der Waals surface area contributed by atoms with E-state index in [1.54, 1.807) is 30.3 Å². The normalized spacial score (nSPS) is 12.3. The molecule has 2 aromatic rings. The van der Waals surface area contributed by atoms with Crippen molar-refractivity contribution in [2.45, 2.75) is 39.3 Å². The summed E-state index contributed by atoms with van der Waals surface area (Å²) in [5, 5.41) is 0. The van der Waals surface area contributed by atoms with Gasteiger partial charge < -0.3 is 0 Å². The largest absolute Gasteiger partial charge is 0.417 e. The molecule has 122 valence electrons. The van der Waals surface area contributed by atoms with Gasteiger partial charge in [-0.25, -0.2) is 0 Å². The van der Waals surface area contributed by atoms with E-state index in [4.69, 9.17) is 0 Å². The van der Waals surface area contributed by atoms with Crippen LogP contribution in [0.1, 0.15) is 49.2 Å². The minimum absolute atomic E-state index is 0.115. The molecule has 0 saturated carbocycles. The van der Waals surface area contributed by atoms with Gasteiger partial charge in [0.25, 0.3) is 0 Å². The van der Waals surface area contributed by atoms with Crippen LogP contribution in [-0.4, -0.2) is 5.78 Å². The van der Waals surface area contributed by atoms with Crippen LogP contribution < -0.4 is 0 Å². The third-order valence-corrected chi connectivity index (χ3v) is 3.79. The number of Topliss-reactive ketones (excluding diaryl/α,β-unsaturated/α-hetero) is 1. The van der Waals surface area contributed by atoms with Gasteiger partial charge in [0, 0.05) is 5.56 Å². The Bertz CT molecular complexity index is 720. The van der Waals surface area contributed by atoms with Gasteiger partial charge in [-0.05, 0) is 35.1 Å². The number of halogens is 3. The van der Waals surface area contributed by atoms with Gasteiger partial charge >= 0.3 is 6.18 Å². The topological polar surface area (TPSA) is 17.1 Å². The van der Waals surface area contributed by atoms with Crippen molar-refractivity contribution in [3.63, 3.8) is 0 Å². The van der Waals surface area contributed by atoms with Crippen LogP contribution in [0.25, 0.3) is 11.1 Å². The third kappa shape index (κ3) is 3.81. The van der Waals surface area contributed by atoms with Gasteiger partial charge in [0.1, 0.15) is 0 Å². The number of hydrogen-bond donors (Lipinski definition) is 0. The summed E-state index contributed by atoms with van der Waals surface area (Å²) in [5.74, 6) is -0.115. The molecule has 0 aliphatic heterocycles. The summed E-state index contributed by atoms with van der Waals surface area (Å²) in [6.45, 7) is 7.06. The van der Waals surface area contributed by atoms with Crippen LogP contribution >= 0.6 is 0 Å². The van der Waals surface area contributed by atoms with Crippen LogP contribution in [-0.2, 0) is 11.6 Å². The molecule has 0 spiro atoms.